The van der Waals surface area contributed by atoms with Crippen molar-refractivity contribution in [3.05, 3.63) is 29.8 Å². The number of likely N-dealkylation sites (tertiary alicyclic amines) is 1. The van der Waals surface area contributed by atoms with Crippen LogP contribution < -0.4 is 4.74 Å². The average Bonchev–Trinajstić information content (AvgIpc) is 3.29. The van der Waals surface area contributed by atoms with Crippen LogP contribution in [0.2, 0.25) is 0 Å². The highest BCUT2D eigenvalue weighted by atomic mass is 19.4. The number of halogens is 3. The second-order valence-electron chi connectivity index (χ2n) is 8.97. The Morgan fingerprint density at radius 1 is 1.09 bits per heavy atom. The van der Waals surface area contributed by atoms with Gasteiger partial charge in [-0.25, -0.2) is 9.79 Å². The number of hydrogen-bond acceptors (Lipinski definition) is 5. The van der Waals surface area contributed by atoms with Gasteiger partial charge in [0.1, 0.15) is 11.6 Å². The number of urea groups is 1. The Labute approximate surface area is 191 Å². The van der Waals surface area contributed by atoms with Crippen LogP contribution >= 0.6 is 0 Å². The molecule has 3 aliphatic heterocycles. The SMILES string of the molecule is CC(C)C1=NCC(C2CC(c3ccc(OC(F)(F)F)cc3)CN(C(=O)N3CCOCC3)C2)=N1. The molecule has 0 bridgehead atoms. The summed E-state index contributed by atoms with van der Waals surface area (Å²) in [6.07, 6.45) is -3.97. The fourth-order valence-electron chi connectivity index (χ4n) is 4.55. The van der Waals surface area contributed by atoms with Gasteiger partial charge in [0.15, 0.2) is 0 Å². The maximum Gasteiger partial charge on any atom is 0.573 e. The number of amidine groups is 1. The van der Waals surface area contributed by atoms with Crippen LogP contribution in [0.3, 0.4) is 0 Å². The molecule has 2 fully saturated rings. The van der Waals surface area contributed by atoms with Crippen molar-refractivity contribution >= 4 is 17.6 Å². The van der Waals surface area contributed by atoms with Crippen LogP contribution in [0.15, 0.2) is 34.3 Å². The fourth-order valence-corrected chi connectivity index (χ4v) is 4.55. The van der Waals surface area contributed by atoms with Gasteiger partial charge in [0.2, 0.25) is 0 Å². The number of alkyl halides is 3. The van der Waals surface area contributed by atoms with Crippen molar-refractivity contribution in [3.63, 3.8) is 0 Å². The van der Waals surface area contributed by atoms with E-state index in [1.807, 2.05) is 18.7 Å². The molecule has 10 heteroatoms. The predicted octanol–water partition coefficient (Wildman–Crippen LogP) is 3.95. The topological polar surface area (TPSA) is 66.7 Å². The second kappa shape index (κ2) is 9.70. The maximum atomic E-state index is 13.3. The number of carbonyl (C=O) groups excluding carboxylic acids is 1. The molecule has 3 aliphatic rings. The molecule has 4 rings (SSSR count). The Morgan fingerprint density at radius 3 is 2.36 bits per heavy atom. The maximum absolute atomic E-state index is 13.3. The molecule has 0 aromatic heterocycles. The van der Waals surface area contributed by atoms with Gasteiger partial charge in [-0.3, -0.25) is 4.99 Å². The van der Waals surface area contributed by atoms with Crippen molar-refractivity contribution in [1.82, 2.24) is 9.80 Å². The molecule has 180 valence electrons. The average molecular weight is 467 g/mol. The summed E-state index contributed by atoms with van der Waals surface area (Å²) in [5, 5.41) is 0. The smallest absolute Gasteiger partial charge is 0.406 e. The minimum absolute atomic E-state index is 0.0283. The monoisotopic (exact) mass is 466 g/mol. The van der Waals surface area contributed by atoms with E-state index >= 15 is 0 Å². The van der Waals surface area contributed by atoms with Gasteiger partial charge in [0, 0.05) is 49.6 Å². The second-order valence-corrected chi connectivity index (χ2v) is 8.97. The zero-order valence-electron chi connectivity index (χ0n) is 18.8. The van der Waals surface area contributed by atoms with Crippen LogP contribution in [-0.4, -0.2) is 79.7 Å². The minimum atomic E-state index is -4.73. The van der Waals surface area contributed by atoms with E-state index in [0.29, 0.717) is 45.9 Å². The molecule has 1 aromatic rings. The first-order valence-corrected chi connectivity index (χ1v) is 11.3. The minimum Gasteiger partial charge on any atom is -0.406 e. The third-order valence-electron chi connectivity index (χ3n) is 6.24. The Bertz CT molecular complexity index is 909. The van der Waals surface area contributed by atoms with E-state index in [2.05, 4.69) is 9.73 Å². The Kier molecular flexibility index (Phi) is 6.92. The lowest BCUT2D eigenvalue weighted by atomic mass is 9.82. The zero-order chi connectivity index (χ0) is 23.6. The van der Waals surface area contributed by atoms with E-state index in [4.69, 9.17) is 9.73 Å². The van der Waals surface area contributed by atoms with Gasteiger partial charge in [0.25, 0.3) is 0 Å². The third-order valence-corrected chi connectivity index (χ3v) is 6.24. The van der Waals surface area contributed by atoms with Crippen LogP contribution in [0.5, 0.6) is 5.75 Å². The highest BCUT2D eigenvalue weighted by molar-refractivity contribution is 6.05. The number of morpholine rings is 1. The molecule has 2 amide bonds. The number of amides is 2. The Balaban J connectivity index is 1.54. The first-order chi connectivity index (χ1) is 15.7. The van der Waals surface area contributed by atoms with Gasteiger partial charge in [-0.2, -0.15) is 0 Å². The Hall–Kier alpha value is -2.62. The lowest BCUT2D eigenvalue weighted by Gasteiger charge is -2.41. The quantitative estimate of drug-likeness (QED) is 0.675. The first kappa shape index (κ1) is 23.5. The number of rotatable bonds is 4. The van der Waals surface area contributed by atoms with Gasteiger partial charge >= 0.3 is 12.4 Å². The first-order valence-electron chi connectivity index (χ1n) is 11.3. The lowest BCUT2D eigenvalue weighted by molar-refractivity contribution is -0.274. The molecule has 2 saturated heterocycles. The van der Waals surface area contributed by atoms with Crippen molar-refractivity contribution in [1.29, 1.82) is 0 Å². The van der Waals surface area contributed by atoms with Crippen LogP contribution in [-0.2, 0) is 4.74 Å². The standard InChI is InChI=1S/C23H29F3N4O3/c1-15(2)21-27-12-20(28-21)18-11-17(16-3-5-19(6-4-16)33-23(24,25)26)13-30(14-18)22(31)29-7-9-32-10-8-29/h3-6,15,17-18H,7-14H2,1-2H3. The summed E-state index contributed by atoms with van der Waals surface area (Å²) < 4.78 is 46.9. The van der Waals surface area contributed by atoms with Gasteiger partial charge in [0.05, 0.1) is 19.8 Å². The summed E-state index contributed by atoms with van der Waals surface area (Å²) in [4.78, 5) is 26.2. The number of carbonyl (C=O) groups is 1. The van der Waals surface area contributed by atoms with E-state index in [0.717, 1.165) is 23.5 Å². The number of piperidine rings is 1. The Morgan fingerprint density at radius 2 is 1.76 bits per heavy atom. The zero-order valence-corrected chi connectivity index (χ0v) is 18.8. The molecule has 7 nitrogen and oxygen atoms in total. The number of ether oxygens (including phenoxy) is 2. The summed E-state index contributed by atoms with van der Waals surface area (Å²) in [5.41, 5.74) is 1.85. The van der Waals surface area contributed by atoms with Crippen LogP contribution in [0.25, 0.3) is 0 Å². The molecule has 2 unspecified atom stereocenters. The molecule has 3 heterocycles. The third kappa shape index (κ3) is 5.85. The predicted molar refractivity (Wildman–Crippen MR) is 118 cm³/mol. The normalized spacial score (nSPS) is 24.1. The van der Waals surface area contributed by atoms with Crippen molar-refractivity contribution < 1.29 is 27.4 Å². The van der Waals surface area contributed by atoms with Gasteiger partial charge < -0.3 is 19.3 Å². The summed E-state index contributed by atoms with van der Waals surface area (Å²) >= 11 is 0. The summed E-state index contributed by atoms with van der Waals surface area (Å²) in [5.74, 6) is 0.815. The van der Waals surface area contributed by atoms with Gasteiger partial charge in [-0.15, -0.1) is 13.2 Å². The van der Waals surface area contributed by atoms with E-state index in [9.17, 15) is 18.0 Å². The number of hydrogen-bond donors (Lipinski definition) is 0. The van der Waals surface area contributed by atoms with Crippen molar-refractivity contribution in [2.75, 3.05) is 45.9 Å². The van der Waals surface area contributed by atoms with E-state index in [-0.39, 0.29) is 29.5 Å². The van der Waals surface area contributed by atoms with Crippen LogP contribution in [0, 0.1) is 11.8 Å². The number of nitrogens with zero attached hydrogens (tertiary/aromatic N) is 4. The van der Waals surface area contributed by atoms with Crippen LogP contribution in [0.4, 0.5) is 18.0 Å². The largest absolute Gasteiger partial charge is 0.573 e. The van der Waals surface area contributed by atoms with Gasteiger partial charge in [-0.05, 0) is 24.1 Å². The number of aliphatic imine (C=N–C) groups is 2. The summed E-state index contributed by atoms with van der Waals surface area (Å²) in [6, 6.07) is 5.92. The van der Waals surface area contributed by atoms with Crippen molar-refractivity contribution in [2.24, 2.45) is 21.8 Å². The van der Waals surface area contributed by atoms with Crippen molar-refractivity contribution in [3.8, 4) is 5.75 Å². The van der Waals surface area contributed by atoms with Crippen molar-refractivity contribution in [2.45, 2.75) is 32.5 Å². The molecular weight excluding hydrogens is 437 g/mol. The number of benzene rings is 1. The van der Waals surface area contributed by atoms with E-state index in [1.165, 1.54) is 12.1 Å². The molecule has 33 heavy (non-hydrogen) atoms. The summed E-state index contributed by atoms with van der Waals surface area (Å²) in [7, 11) is 0. The molecule has 2 atom stereocenters. The van der Waals surface area contributed by atoms with Gasteiger partial charge in [-0.1, -0.05) is 26.0 Å². The summed E-state index contributed by atoms with van der Waals surface area (Å²) in [6.45, 7) is 7.83. The molecular formula is C23H29F3N4O3. The molecule has 0 aliphatic carbocycles. The highest BCUT2D eigenvalue weighted by Gasteiger charge is 2.37. The molecule has 1 aromatic carbocycles. The fraction of sp³-hybridized carbons (Fsp3) is 0.609. The highest BCUT2D eigenvalue weighted by Crippen LogP contribution is 2.34. The molecule has 0 saturated carbocycles. The van der Waals surface area contributed by atoms with E-state index < -0.39 is 6.36 Å². The van der Waals surface area contributed by atoms with Crippen LogP contribution in [0.1, 0.15) is 31.7 Å². The lowest BCUT2D eigenvalue weighted by Crippen LogP contribution is -2.53. The van der Waals surface area contributed by atoms with E-state index in [1.54, 1.807) is 17.0 Å². The molecule has 0 radical (unpaired) electrons. The molecule has 0 N–H and O–H groups in total. The molecule has 0 spiro atoms.